The van der Waals surface area contributed by atoms with Gasteiger partial charge in [0.05, 0.1) is 5.92 Å². The Morgan fingerprint density at radius 3 is 2.69 bits per heavy atom. The van der Waals surface area contributed by atoms with Crippen molar-refractivity contribution in [1.82, 2.24) is 4.90 Å². The average Bonchev–Trinajstić information content (AvgIpc) is 2.54. The van der Waals surface area contributed by atoms with Crippen LogP contribution in [0.15, 0.2) is 0 Å². The van der Waals surface area contributed by atoms with Crippen LogP contribution in [0, 0.1) is 17.3 Å². The first-order valence-electron chi connectivity index (χ1n) is 4.95. The van der Waals surface area contributed by atoms with Gasteiger partial charge in [0.15, 0.2) is 0 Å². The summed E-state index contributed by atoms with van der Waals surface area (Å²) >= 11 is 0. The Morgan fingerprint density at radius 1 is 1.62 bits per heavy atom. The number of carboxylic acids is 1. The molecule has 3 heteroatoms. The van der Waals surface area contributed by atoms with Crippen LogP contribution in [0.25, 0.3) is 0 Å². The maximum absolute atomic E-state index is 10.8. The van der Waals surface area contributed by atoms with E-state index in [-0.39, 0.29) is 11.3 Å². The molecule has 1 saturated heterocycles. The van der Waals surface area contributed by atoms with E-state index in [1.54, 1.807) is 0 Å². The molecule has 0 aromatic heterocycles. The Labute approximate surface area is 78.7 Å². The van der Waals surface area contributed by atoms with Crippen LogP contribution < -0.4 is 0 Å². The molecule has 2 aliphatic rings. The molecule has 0 aromatic rings. The van der Waals surface area contributed by atoms with E-state index in [2.05, 4.69) is 18.9 Å². The monoisotopic (exact) mass is 183 g/mol. The van der Waals surface area contributed by atoms with Crippen LogP contribution in [-0.2, 0) is 4.79 Å². The van der Waals surface area contributed by atoms with Crippen molar-refractivity contribution < 1.29 is 9.90 Å². The van der Waals surface area contributed by atoms with E-state index in [4.69, 9.17) is 5.11 Å². The van der Waals surface area contributed by atoms with Crippen molar-refractivity contribution in [2.45, 2.75) is 19.8 Å². The van der Waals surface area contributed by atoms with Crippen LogP contribution in [0.2, 0.25) is 0 Å². The standard InChI is InChI=1S/C10H17NO2/c1-10(5-8(10)9(12)13)7-3-4-11(2)6-7/h7-8H,3-6H2,1-2H3,(H,12,13)/t7?,8-,10-/m1/s1. The molecule has 0 bridgehead atoms. The predicted octanol–water partition coefficient (Wildman–Crippen LogP) is 1.05. The van der Waals surface area contributed by atoms with Crippen LogP contribution >= 0.6 is 0 Å². The third kappa shape index (κ3) is 1.35. The topological polar surface area (TPSA) is 40.5 Å². The zero-order valence-electron chi connectivity index (χ0n) is 8.29. The highest BCUT2D eigenvalue weighted by molar-refractivity contribution is 5.74. The molecule has 3 atom stereocenters. The molecular formula is C10H17NO2. The molecule has 0 radical (unpaired) electrons. The van der Waals surface area contributed by atoms with Gasteiger partial charge in [0.2, 0.25) is 0 Å². The molecule has 2 rings (SSSR count). The summed E-state index contributed by atoms with van der Waals surface area (Å²) in [6.45, 7) is 4.35. The van der Waals surface area contributed by atoms with Crippen molar-refractivity contribution in [2.75, 3.05) is 20.1 Å². The van der Waals surface area contributed by atoms with Gasteiger partial charge in [-0.15, -0.1) is 0 Å². The van der Waals surface area contributed by atoms with Gasteiger partial charge in [-0.05, 0) is 37.8 Å². The maximum Gasteiger partial charge on any atom is 0.307 e. The number of carbonyl (C=O) groups is 1. The molecule has 1 heterocycles. The molecule has 1 N–H and O–H groups in total. The van der Waals surface area contributed by atoms with Gasteiger partial charge in [0, 0.05) is 6.54 Å². The van der Waals surface area contributed by atoms with Gasteiger partial charge in [0.1, 0.15) is 0 Å². The predicted molar refractivity (Wildman–Crippen MR) is 49.5 cm³/mol. The fourth-order valence-corrected chi connectivity index (χ4v) is 2.67. The molecule has 2 fully saturated rings. The lowest BCUT2D eigenvalue weighted by Crippen LogP contribution is -2.21. The zero-order valence-corrected chi connectivity index (χ0v) is 8.29. The van der Waals surface area contributed by atoms with E-state index >= 15 is 0 Å². The van der Waals surface area contributed by atoms with Crippen molar-refractivity contribution in [3.05, 3.63) is 0 Å². The van der Waals surface area contributed by atoms with Crippen molar-refractivity contribution in [1.29, 1.82) is 0 Å². The van der Waals surface area contributed by atoms with Crippen LogP contribution in [0.5, 0.6) is 0 Å². The highest BCUT2D eigenvalue weighted by atomic mass is 16.4. The highest BCUT2D eigenvalue weighted by Crippen LogP contribution is 2.59. The van der Waals surface area contributed by atoms with E-state index in [0.717, 1.165) is 19.5 Å². The first-order chi connectivity index (χ1) is 6.04. The lowest BCUT2D eigenvalue weighted by atomic mass is 9.88. The molecule has 1 aliphatic carbocycles. The van der Waals surface area contributed by atoms with E-state index in [1.807, 2.05) is 0 Å². The summed E-state index contributed by atoms with van der Waals surface area (Å²) in [4.78, 5) is 13.1. The lowest BCUT2D eigenvalue weighted by molar-refractivity contribution is -0.139. The van der Waals surface area contributed by atoms with Crippen LogP contribution in [0.3, 0.4) is 0 Å². The molecule has 0 amide bonds. The van der Waals surface area contributed by atoms with Gasteiger partial charge < -0.3 is 10.0 Å². The van der Waals surface area contributed by atoms with Gasteiger partial charge >= 0.3 is 5.97 Å². The second-order valence-corrected chi connectivity index (χ2v) is 4.85. The molecule has 13 heavy (non-hydrogen) atoms. The smallest absolute Gasteiger partial charge is 0.307 e. The number of hydrogen-bond donors (Lipinski definition) is 1. The molecular weight excluding hydrogens is 166 g/mol. The van der Waals surface area contributed by atoms with Crippen molar-refractivity contribution in [3.63, 3.8) is 0 Å². The Kier molecular flexibility index (Phi) is 1.88. The Bertz CT molecular complexity index is 241. The molecule has 74 valence electrons. The Hall–Kier alpha value is -0.570. The minimum Gasteiger partial charge on any atom is -0.481 e. The first kappa shape index (κ1) is 9.00. The number of rotatable bonds is 2. The summed E-state index contributed by atoms with van der Waals surface area (Å²) < 4.78 is 0. The van der Waals surface area contributed by atoms with Crippen molar-refractivity contribution in [2.24, 2.45) is 17.3 Å². The fraction of sp³-hybridized carbons (Fsp3) is 0.900. The van der Waals surface area contributed by atoms with E-state index in [1.165, 1.54) is 6.42 Å². The number of nitrogens with zero attached hydrogens (tertiary/aromatic N) is 1. The third-order valence-electron chi connectivity index (χ3n) is 3.90. The van der Waals surface area contributed by atoms with Crippen LogP contribution in [-0.4, -0.2) is 36.1 Å². The summed E-state index contributed by atoms with van der Waals surface area (Å²) in [7, 11) is 2.11. The summed E-state index contributed by atoms with van der Waals surface area (Å²) in [6.07, 6.45) is 2.07. The minimum absolute atomic E-state index is 0.0657. The molecule has 1 unspecified atom stereocenters. The first-order valence-corrected chi connectivity index (χ1v) is 4.95. The van der Waals surface area contributed by atoms with Gasteiger partial charge in [-0.25, -0.2) is 0 Å². The Morgan fingerprint density at radius 2 is 2.31 bits per heavy atom. The molecule has 3 nitrogen and oxygen atoms in total. The minimum atomic E-state index is -0.600. The normalized spacial score (nSPS) is 45.1. The van der Waals surface area contributed by atoms with E-state index in [0.29, 0.717) is 5.92 Å². The van der Waals surface area contributed by atoms with Crippen LogP contribution in [0.4, 0.5) is 0 Å². The van der Waals surface area contributed by atoms with Gasteiger partial charge in [0.25, 0.3) is 0 Å². The number of carboxylic acid groups (broad SMARTS) is 1. The van der Waals surface area contributed by atoms with Gasteiger partial charge in [-0.2, -0.15) is 0 Å². The molecule has 1 saturated carbocycles. The van der Waals surface area contributed by atoms with Gasteiger partial charge in [-0.3, -0.25) is 4.79 Å². The van der Waals surface area contributed by atoms with Crippen LogP contribution in [0.1, 0.15) is 19.8 Å². The van der Waals surface area contributed by atoms with Crippen molar-refractivity contribution >= 4 is 5.97 Å². The quantitative estimate of drug-likeness (QED) is 0.695. The largest absolute Gasteiger partial charge is 0.481 e. The Balaban J connectivity index is 1.99. The molecule has 1 aliphatic heterocycles. The third-order valence-corrected chi connectivity index (χ3v) is 3.90. The summed E-state index contributed by atoms with van der Waals surface area (Å²) in [5.41, 5.74) is 0.108. The number of likely N-dealkylation sites (tertiary alicyclic amines) is 1. The van der Waals surface area contributed by atoms with E-state index < -0.39 is 5.97 Å². The number of hydrogen-bond acceptors (Lipinski definition) is 2. The second kappa shape index (κ2) is 2.71. The zero-order chi connectivity index (χ0) is 9.64. The molecule has 0 spiro atoms. The second-order valence-electron chi connectivity index (χ2n) is 4.85. The average molecular weight is 183 g/mol. The summed E-state index contributed by atoms with van der Waals surface area (Å²) in [5.74, 6) is -0.0559. The summed E-state index contributed by atoms with van der Waals surface area (Å²) in [6, 6.07) is 0. The maximum atomic E-state index is 10.8. The van der Waals surface area contributed by atoms with E-state index in [9.17, 15) is 4.79 Å². The SMILES string of the molecule is CN1CCC([C@@]2(C)C[C@@H]2C(=O)O)C1. The fourth-order valence-electron chi connectivity index (χ4n) is 2.67. The molecule has 0 aromatic carbocycles. The lowest BCUT2D eigenvalue weighted by Gasteiger charge is -2.18. The van der Waals surface area contributed by atoms with Gasteiger partial charge in [-0.1, -0.05) is 6.92 Å². The number of aliphatic carboxylic acids is 1. The summed E-state index contributed by atoms with van der Waals surface area (Å²) in [5, 5.41) is 8.90. The highest BCUT2D eigenvalue weighted by Gasteiger charge is 2.59. The van der Waals surface area contributed by atoms with Crippen molar-refractivity contribution in [3.8, 4) is 0 Å².